The van der Waals surface area contributed by atoms with E-state index in [1.807, 2.05) is 18.2 Å². The Labute approximate surface area is 192 Å². The molecular weight excluding hydrogens is 440 g/mol. The molecule has 3 aromatic rings. The molecule has 33 heavy (non-hydrogen) atoms. The smallest absolute Gasteiger partial charge is 0.261 e. The lowest BCUT2D eigenvalue weighted by Crippen LogP contribution is -2.27. The molecule has 0 atom stereocenters. The molecule has 9 heteroatoms. The largest absolute Gasteiger partial charge is 0.352 e. The van der Waals surface area contributed by atoms with Crippen molar-refractivity contribution >= 4 is 26.8 Å². The lowest BCUT2D eigenvalue weighted by atomic mass is 10.2. The Balaban J connectivity index is 1.20. The number of nitrogens with zero attached hydrogens (tertiary/aromatic N) is 2. The second-order valence-corrected chi connectivity index (χ2v) is 10.5. The van der Waals surface area contributed by atoms with Crippen molar-refractivity contribution in [3.63, 3.8) is 0 Å². The summed E-state index contributed by atoms with van der Waals surface area (Å²) in [6.45, 7) is 0.301. The molecule has 172 valence electrons. The number of carbonyl (C=O) groups is 1. The first kappa shape index (κ1) is 21.8. The number of carbonyl (C=O) groups excluding carboxylic acids is 1. The number of hydrogen-bond donors (Lipinski definition) is 2. The van der Waals surface area contributed by atoms with Gasteiger partial charge in [0.25, 0.3) is 5.56 Å². The Morgan fingerprint density at radius 2 is 1.76 bits per heavy atom. The highest BCUT2D eigenvalue weighted by atomic mass is 32.2. The second-order valence-electron chi connectivity index (χ2n) is 8.77. The van der Waals surface area contributed by atoms with Gasteiger partial charge >= 0.3 is 0 Å². The fourth-order valence-corrected chi connectivity index (χ4v) is 5.17. The van der Waals surface area contributed by atoms with Crippen molar-refractivity contribution < 1.29 is 13.2 Å². The molecule has 5 rings (SSSR count). The van der Waals surface area contributed by atoms with E-state index >= 15 is 0 Å². The predicted octanol–water partition coefficient (Wildman–Crippen LogP) is 2.42. The number of sulfonamides is 1. The summed E-state index contributed by atoms with van der Waals surface area (Å²) < 4.78 is 28.9. The average Bonchev–Trinajstić information content (AvgIpc) is 3.73. The van der Waals surface area contributed by atoms with Crippen LogP contribution in [-0.4, -0.2) is 29.9 Å². The number of aryl methyl sites for hydroxylation is 1. The Morgan fingerprint density at radius 1 is 1.03 bits per heavy atom. The van der Waals surface area contributed by atoms with E-state index < -0.39 is 10.0 Å². The van der Waals surface area contributed by atoms with E-state index in [9.17, 15) is 18.0 Å². The van der Waals surface area contributed by atoms with Crippen molar-refractivity contribution in [2.24, 2.45) is 0 Å². The molecule has 0 radical (unpaired) electrons. The fraction of sp³-hybridized carbons (Fsp3) is 0.375. The molecule has 1 aromatic heterocycles. The third kappa shape index (κ3) is 4.99. The van der Waals surface area contributed by atoms with E-state index in [1.165, 1.54) is 0 Å². The zero-order valence-corrected chi connectivity index (χ0v) is 19.0. The normalized spacial score (nSPS) is 16.1. The predicted molar refractivity (Wildman–Crippen MR) is 124 cm³/mol. The van der Waals surface area contributed by atoms with E-state index in [2.05, 4.69) is 15.0 Å². The van der Waals surface area contributed by atoms with Crippen LogP contribution in [-0.2, 0) is 27.8 Å². The summed E-state index contributed by atoms with van der Waals surface area (Å²) in [6, 6.07) is 14.1. The van der Waals surface area contributed by atoms with Crippen LogP contribution in [0.1, 0.15) is 49.5 Å². The molecule has 1 heterocycles. The number of hydrogen-bond acceptors (Lipinski definition) is 5. The molecule has 2 aliphatic rings. The minimum Gasteiger partial charge on any atom is -0.352 e. The van der Waals surface area contributed by atoms with Crippen LogP contribution in [0.3, 0.4) is 0 Å². The van der Waals surface area contributed by atoms with Crippen LogP contribution in [0.25, 0.3) is 10.9 Å². The minimum atomic E-state index is -3.48. The molecule has 0 spiro atoms. The molecule has 0 bridgehead atoms. The number of benzene rings is 2. The summed E-state index contributed by atoms with van der Waals surface area (Å²) in [5, 5.41) is 3.47. The summed E-state index contributed by atoms with van der Waals surface area (Å²) in [6.07, 6.45) is 4.29. The minimum absolute atomic E-state index is 0.0373. The zero-order valence-electron chi connectivity index (χ0n) is 18.2. The van der Waals surface area contributed by atoms with Crippen molar-refractivity contribution in [1.82, 2.24) is 19.6 Å². The van der Waals surface area contributed by atoms with Gasteiger partial charge in [-0.2, -0.15) is 0 Å². The van der Waals surface area contributed by atoms with Gasteiger partial charge < -0.3 is 5.32 Å². The summed E-state index contributed by atoms with van der Waals surface area (Å²) in [5.74, 6) is 0.501. The van der Waals surface area contributed by atoms with Crippen molar-refractivity contribution in [3.8, 4) is 0 Å². The number of para-hydroxylation sites is 1. The maximum atomic E-state index is 12.9. The zero-order chi connectivity index (χ0) is 23.0. The summed E-state index contributed by atoms with van der Waals surface area (Å²) in [4.78, 5) is 30.3. The lowest BCUT2D eigenvalue weighted by molar-refractivity contribution is -0.121. The lowest BCUT2D eigenvalue weighted by Gasteiger charge is -2.13. The quantitative estimate of drug-likeness (QED) is 0.503. The van der Waals surface area contributed by atoms with Crippen LogP contribution in [0.15, 0.2) is 58.2 Å². The first-order valence-electron chi connectivity index (χ1n) is 11.3. The van der Waals surface area contributed by atoms with Crippen LogP contribution in [0.4, 0.5) is 0 Å². The maximum absolute atomic E-state index is 12.9. The van der Waals surface area contributed by atoms with Crippen molar-refractivity contribution in [3.05, 3.63) is 70.3 Å². The third-order valence-corrected chi connectivity index (χ3v) is 7.53. The highest BCUT2D eigenvalue weighted by Crippen LogP contribution is 2.34. The monoisotopic (exact) mass is 466 g/mol. The average molecular weight is 467 g/mol. The van der Waals surface area contributed by atoms with Gasteiger partial charge in [0, 0.05) is 31.5 Å². The topological polar surface area (TPSA) is 110 Å². The molecule has 2 aliphatic carbocycles. The molecule has 2 aromatic carbocycles. The van der Waals surface area contributed by atoms with Crippen LogP contribution < -0.4 is 15.6 Å². The maximum Gasteiger partial charge on any atom is 0.261 e. The molecular formula is C24H26N4O4S. The Bertz CT molecular complexity index is 1360. The third-order valence-electron chi connectivity index (χ3n) is 5.99. The van der Waals surface area contributed by atoms with Crippen molar-refractivity contribution in [2.75, 3.05) is 0 Å². The van der Waals surface area contributed by atoms with E-state index in [0.717, 1.165) is 31.2 Å². The van der Waals surface area contributed by atoms with Gasteiger partial charge in [0.1, 0.15) is 5.82 Å². The number of nitrogens with one attached hydrogen (secondary N) is 2. The SMILES string of the molecule is O=C(CCc1nc2ccccc2c(=O)n1C1CC1)NCc1ccc(S(=O)(=O)NC2CC2)cc1. The standard InChI is InChI=1S/C24H26N4O4S/c29-23(25-15-16-5-11-19(12-6-16)33(31,32)27-17-7-8-17)14-13-22-26-21-4-2-1-3-20(21)24(30)28(22)18-9-10-18/h1-6,11-12,17-18,27H,7-10,13-15H2,(H,25,29). The van der Waals surface area contributed by atoms with Gasteiger partial charge in [-0.3, -0.25) is 14.2 Å². The number of aromatic nitrogens is 2. The Hall–Kier alpha value is -3.04. The molecule has 2 fully saturated rings. The van der Waals surface area contributed by atoms with E-state index in [0.29, 0.717) is 29.7 Å². The van der Waals surface area contributed by atoms with Crippen LogP contribution in [0, 0.1) is 0 Å². The van der Waals surface area contributed by atoms with Gasteiger partial charge in [0.05, 0.1) is 15.8 Å². The van der Waals surface area contributed by atoms with Gasteiger partial charge in [-0.15, -0.1) is 0 Å². The summed E-state index contributed by atoms with van der Waals surface area (Å²) >= 11 is 0. The highest BCUT2D eigenvalue weighted by Gasteiger charge is 2.29. The second kappa shape index (κ2) is 8.72. The molecule has 0 unspecified atom stereocenters. The first-order chi connectivity index (χ1) is 15.9. The van der Waals surface area contributed by atoms with Crippen LogP contribution in [0.2, 0.25) is 0 Å². The van der Waals surface area contributed by atoms with E-state index in [4.69, 9.17) is 0 Å². The Kier molecular flexibility index (Phi) is 5.76. The molecule has 1 amide bonds. The van der Waals surface area contributed by atoms with Crippen LogP contribution in [0.5, 0.6) is 0 Å². The van der Waals surface area contributed by atoms with Gasteiger partial charge in [0.15, 0.2) is 0 Å². The summed E-state index contributed by atoms with van der Waals surface area (Å²) in [7, 11) is -3.48. The molecule has 0 aliphatic heterocycles. The van der Waals surface area contributed by atoms with Gasteiger partial charge in [0.2, 0.25) is 15.9 Å². The number of fused-ring (bicyclic) bond motifs is 1. The van der Waals surface area contributed by atoms with Crippen molar-refractivity contribution in [1.29, 1.82) is 0 Å². The van der Waals surface area contributed by atoms with E-state index in [1.54, 1.807) is 34.9 Å². The summed E-state index contributed by atoms with van der Waals surface area (Å²) in [5.41, 5.74) is 1.43. The van der Waals surface area contributed by atoms with Gasteiger partial charge in [-0.25, -0.2) is 18.1 Å². The Morgan fingerprint density at radius 3 is 2.45 bits per heavy atom. The van der Waals surface area contributed by atoms with Gasteiger partial charge in [-0.1, -0.05) is 24.3 Å². The van der Waals surface area contributed by atoms with Crippen molar-refractivity contribution in [2.45, 2.75) is 62.0 Å². The molecule has 2 N–H and O–H groups in total. The number of amides is 1. The molecule has 0 saturated heterocycles. The fourth-order valence-electron chi connectivity index (χ4n) is 3.87. The first-order valence-corrected chi connectivity index (χ1v) is 12.8. The van der Waals surface area contributed by atoms with Gasteiger partial charge in [-0.05, 0) is 55.5 Å². The molecule has 8 nitrogen and oxygen atoms in total. The molecule has 2 saturated carbocycles. The number of rotatable bonds is 9. The van der Waals surface area contributed by atoms with E-state index in [-0.39, 0.29) is 34.9 Å². The highest BCUT2D eigenvalue weighted by molar-refractivity contribution is 7.89. The van der Waals surface area contributed by atoms with Crippen LogP contribution >= 0.6 is 0 Å².